The fraction of sp³-hybridized carbons (Fsp3) is 0.550. The van der Waals surface area contributed by atoms with Crippen molar-refractivity contribution in [3.8, 4) is 0 Å². The lowest BCUT2D eigenvalue weighted by molar-refractivity contribution is -0.150. The van der Waals surface area contributed by atoms with Crippen molar-refractivity contribution in [2.24, 2.45) is 17.3 Å². The molecular formula is C20H20F4N4O. The Kier molecular flexibility index (Phi) is 3.86. The zero-order valence-corrected chi connectivity index (χ0v) is 15.5. The monoisotopic (exact) mass is 408 g/mol. The maximum atomic E-state index is 14.2. The molecule has 0 radical (unpaired) electrons. The Morgan fingerprint density at radius 2 is 1.90 bits per heavy atom. The van der Waals surface area contributed by atoms with E-state index in [1.807, 2.05) is 4.68 Å². The molecule has 4 saturated carbocycles. The number of amides is 1. The van der Waals surface area contributed by atoms with Crippen LogP contribution in [0.5, 0.6) is 0 Å². The number of carbonyl (C=O) groups excluding carboxylic acids is 1. The van der Waals surface area contributed by atoms with Crippen LogP contribution in [-0.2, 0) is 16.5 Å². The summed E-state index contributed by atoms with van der Waals surface area (Å²) < 4.78 is 55.1. The first kappa shape index (κ1) is 18.6. The van der Waals surface area contributed by atoms with Gasteiger partial charge >= 0.3 is 6.18 Å². The molecule has 0 spiro atoms. The molecule has 1 N–H and O–H groups in total. The van der Waals surface area contributed by atoms with Gasteiger partial charge in [0.05, 0.1) is 22.2 Å². The van der Waals surface area contributed by atoms with Crippen LogP contribution in [0.1, 0.15) is 44.1 Å². The number of nitrogens with zero attached hydrogens (tertiary/aromatic N) is 3. The van der Waals surface area contributed by atoms with Crippen molar-refractivity contribution in [2.75, 3.05) is 5.32 Å². The first-order valence-corrected chi connectivity index (χ1v) is 9.73. The van der Waals surface area contributed by atoms with Gasteiger partial charge in [0, 0.05) is 0 Å². The van der Waals surface area contributed by atoms with E-state index in [0.717, 1.165) is 25.3 Å². The average Bonchev–Trinajstić information content (AvgIpc) is 3.17. The van der Waals surface area contributed by atoms with Gasteiger partial charge in [-0.25, -0.2) is 14.1 Å². The summed E-state index contributed by atoms with van der Waals surface area (Å²) in [5.74, 6) is -0.577. The van der Waals surface area contributed by atoms with Gasteiger partial charge in [0.2, 0.25) is 5.91 Å². The van der Waals surface area contributed by atoms with Crippen molar-refractivity contribution in [1.29, 1.82) is 0 Å². The number of nitrogens with one attached hydrogen (secondary N) is 1. The van der Waals surface area contributed by atoms with Crippen LogP contribution in [0.4, 0.5) is 23.2 Å². The number of rotatable bonds is 3. The Bertz CT molecular complexity index is 942. The molecule has 1 heterocycles. The van der Waals surface area contributed by atoms with Crippen LogP contribution in [0.3, 0.4) is 0 Å². The van der Waals surface area contributed by atoms with Crippen LogP contribution < -0.4 is 5.32 Å². The topological polar surface area (TPSA) is 59.8 Å². The largest absolute Gasteiger partial charge is 0.416 e. The Balaban J connectivity index is 1.46. The van der Waals surface area contributed by atoms with Crippen LogP contribution in [0.25, 0.3) is 0 Å². The van der Waals surface area contributed by atoms with Crippen LogP contribution in [0.15, 0.2) is 30.9 Å². The molecule has 4 fully saturated rings. The van der Waals surface area contributed by atoms with Gasteiger partial charge in [-0.15, -0.1) is 0 Å². The van der Waals surface area contributed by atoms with E-state index in [1.54, 1.807) is 6.33 Å². The number of halogens is 4. The first-order valence-electron chi connectivity index (χ1n) is 9.73. The van der Waals surface area contributed by atoms with E-state index in [9.17, 15) is 22.4 Å². The van der Waals surface area contributed by atoms with Crippen molar-refractivity contribution in [1.82, 2.24) is 14.8 Å². The molecule has 2 aromatic rings. The number of aromatic nitrogens is 3. The summed E-state index contributed by atoms with van der Waals surface area (Å²) in [6.45, 7) is 0. The Morgan fingerprint density at radius 1 is 1.17 bits per heavy atom. The number of hydrogen-bond acceptors (Lipinski definition) is 3. The minimum atomic E-state index is -4.61. The third kappa shape index (κ3) is 2.93. The molecule has 1 amide bonds. The molecule has 0 aliphatic heterocycles. The van der Waals surface area contributed by atoms with Gasteiger partial charge in [-0.1, -0.05) is 0 Å². The molecule has 0 saturated heterocycles. The summed E-state index contributed by atoms with van der Waals surface area (Å²) in [5.41, 5.74) is -2.43. The number of hydrogen-bond donors (Lipinski definition) is 1. The molecule has 4 aliphatic rings. The van der Waals surface area contributed by atoms with Gasteiger partial charge < -0.3 is 5.32 Å². The summed E-state index contributed by atoms with van der Waals surface area (Å²) in [4.78, 5) is 17.3. The molecular weight excluding hydrogens is 388 g/mol. The molecule has 1 aromatic heterocycles. The van der Waals surface area contributed by atoms with E-state index < -0.39 is 34.6 Å². The second-order valence-corrected chi connectivity index (χ2v) is 8.95. The standard InChI is InChI=1S/C20H20F4N4O/c21-15-2-1-14(20(22,23)24)4-16(15)27-17(29)18-5-12-3-13(6-18)8-19(7-12,9-18)28-11-25-10-26-28/h1-2,4,10-13H,3,5-9H2,(H,27,29)/t12-,13-,18?,19?/m1/s1. The summed E-state index contributed by atoms with van der Waals surface area (Å²) in [6, 6.07) is 2.09. The molecule has 6 rings (SSSR count). The highest BCUT2D eigenvalue weighted by atomic mass is 19.4. The molecule has 154 valence electrons. The predicted molar refractivity (Wildman–Crippen MR) is 95.1 cm³/mol. The maximum Gasteiger partial charge on any atom is 0.416 e. The quantitative estimate of drug-likeness (QED) is 0.768. The molecule has 1 aromatic carbocycles. The molecule has 9 heteroatoms. The summed E-state index contributed by atoms with van der Waals surface area (Å²) >= 11 is 0. The lowest BCUT2D eigenvalue weighted by Gasteiger charge is -2.60. The molecule has 29 heavy (non-hydrogen) atoms. The van der Waals surface area contributed by atoms with E-state index in [-0.39, 0.29) is 5.54 Å². The molecule has 4 aliphatic carbocycles. The fourth-order valence-electron chi connectivity index (χ4n) is 6.25. The minimum Gasteiger partial charge on any atom is -0.323 e. The van der Waals surface area contributed by atoms with Gasteiger partial charge in [-0.3, -0.25) is 4.79 Å². The Morgan fingerprint density at radius 3 is 2.52 bits per heavy atom. The van der Waals surface area contributed by atoms with Crippen molar-refractivity contribution in [3.05, 3.63) is 42.2 Å². The summed E-state index contributed by atoms with van der Waals surface area (Å²) in [5, 5.41) is 6.81. The second-order valence-electron chi connectivity index (χ2n) is 8.95. The third-order valence-electron chi connectivity index (χ3n) is 6.96. The van der Waals surface area contributed by atoms with E-state index in [2.05, 4.69) is 15.4 Å². The lowest BCUT2D eigenvalue weighted by Crippen LogP contribution is -2.60. The normalized spacial score (nSPS) is 33.1. The van der Waals surface area contributed by atoms with Gasteiger partial charge in [-0.05, 0) is 68.6 Å². The van der Waals surface area contributed by atoms with Crippen LogP contribution in [0, 0.1) is 23.1 Å². The van der Waals surface area contributed by atoms with E-state index in [0.29, 0.717) is 43.2 Å². The molecule has 4 bridgehead atoms. The number of carbonyl (C=O) groups is 1. The molecule has 5 nitrogen and oxygen atoms in total. The van der Waals surface area contributed by atoms with Gasteiger partial charge in [-0.2, -0.15) is 18.3 Å². The zero-order valence-electron chi connectivity index (χ0n) is 15.5. The highest BCUT2D eigenvalue weighted by Crippen LogP contribution is 2.64. The van der Waals surface area contributed by atoms with Crippen molar-refractivity contribution in [3.63, 3.8) is 0 Å². The first-order chi connectivity index (χ1) is 13.7. The molecule has 0 unspecified atom stereocenters. The van der Waals surface area contributed by atoms with Crippen LogP contribution in [-0.4, -0.2) is 20.7 Å². The predicted octanol–water partition coefficient (Wildman–Crippen LogP) is 4.37. The van der Waals surface area contributed by atoms with Crippen LogP contribution >= 0.6 is 0 Å². The summed E-state index contributed by atoms with van der Waals surface area (Å²) in [6.07, 6.45) is 3.31. The zero-order chi connectivity index (χ0) is 20.4. The SMILES string of the molecule is O=C(Nc1cc(C(F)(F)F)ccc1F)C12C[C@H]3C[C@H](C1)CC(n1cncn1)(C3)C2. The van der Waals surface area contributed by atoms with Gasteiger partial charge in [0.15, 0.2) is 0 Å². The minimum absolute atomic E-state index is 0.301. The number of anilines is 1. The van der Waals surface area contributed by atoms with Gasteiger partial charge in [0.25, 0.3) is 0 Å². The van der Waals surface area contributed by atoms with Crippen molar-refractivity contribution < 1.29 is 22.4 Å². The maximum absolute atomic E-state index is 14.2. The summed E-state index contributed by atoms with van der Waals surface area (Å²) in [7, 11) is 0. The van der Waals surface area contributed by atoms with Crippen molar-refractivity contribution in [2.45, 2.75) is 50.2 Å². The average molecular weight is 408 g/mol. The molecule has 2 atom stereocenters. The van der Waals surface area contributed by atoms with E-state index in [1.165, 1.54) is 6.33 Å². The number of benzene rings is 1. The highest BCUT2D eigenvalue weighted by Gasteiger charge is 2.61. The van der Waals surface area contributed by atoms with Gasteiger partial charge in [0.1, 0.15) is 18.5 Å². The second kappa shape index (κ2) is 6.03. The van der Waals surface area contributed by atoms with Crippen LogP contribution in [0.2, 0.25) is 0 Å². The smallest absolute Gasteiger partial charge is 0.323 e. The highest BCUT2D eigenvalue weighted by molar-refractivity contribution is 5.96. The van der Waals surface area contributed by atoms with Crippen molar-refractivity contribution >= 4 is 11.6 Å². The van der Waals surface area contributed by atoms with E-state index in [4.69, 9.17) is 0 Å². The number of alkyl halides is 3. The lowest BCUT2D eigenvalue weighted by atomic mass is 9.46. The Hall–Kier alpha value is -2.45. The Labute approximate surface area is 164 Å². The fourth-order valence-corrected chi connectivity index (χ4v) is 6.25. The third-order valence-corrected chi connectivity index (χ3v) is 6.96. The van der Waals surface area contributed by atoms with E-state index >= 15 is 0 Å².